The van der Waals surface area contributed by atoms with Crippen LogP contribution in [0.15, 0.2) is 18.5 Å². The van der Waals surface area contributed by atoms with Crippen LogP contribution in [0, 0.1) is 13.8 Å². The van der Waals surface area contributed by atoms with Crippen molar-refractivity contribution in [2.24, 2.45) is 0 Å². The normalized spacial score (nSPS) is 16.8. The van der Waals surface area contributed by atoms with E-state index in [1.165, 1.54) is 24.0 Å². The maximum Gasteiger partial charge on any atom is 0.0959 e. The number of likely N-dealkylation sites (N-methyl/N-ethyl adjacent to an activating group) is 1. The van der Waals surface area contributed by atoms with Crippen molar-refractivity contribution in [1.29, 1.82) is 0 Å². The number of hydrogen-bond donors (Lipinski definition) is 1. The van der Waals surface area contributed by atoms with Gasteiger partial charge < -0.3 is 9.67 Å². The number of nitrogens with zero attached hydrogens (tertiary/aromatic N) is 3. The molecule has 1 heterocycles. The first-order valence-corrected chi connectivity index (χ1v) is 7.92. The van der Waals surface area contributed by atoms with E-state index < -0.39 is 0 Å². The second-order valence-electron chi connectivity index (χ2n) is 6.29. The van der Waals surface area contributed by atoms with Crippen molar-refractivity contribution < 1.29 is 5.11 Å². The number of hydrogen-bond acceptors (Lipinski definition) is 3. The summed E-state index contributed by atoms with van der Waals surface area (Å²) in [6, 6.07) is 4.99. The molecule has 1 atom stereocenters. The van der Waals surface area contributed by atoms with E-state index >= 15 is 0 Å². The highest BCUT2D eigenvalue weighted by molar-refractivity contribution is 5.77. The van der Waals surface area contributed by atoms with Crippen LogP contribution in [0.3, 0.4) is 0 Å². The Bertz CT molecular complexity index is 630. The average Bonchev–Trinajstić information content (AvgIpc) is 3.23. The van der Waals surface area contributed by atoms with Gasteiger partial charge in [-0.1, -0.05) is 6.92 Å². The number of aliphatic hydroxyl groups excluding tert-OH is 1. The Kier molecular flexibility index (Phi) is 4.00. The van der Waals surface area contributed by atoms with Crippen LogP contribution in [0.4, 0.5) is 0 Å². The maximum atomic E-state index is 10.4. The molecule has 0 saturated heterocycles. The molecule has 21 heavy (non-hydrogen) atoms. The van der Waals surface area contributed by atoms with Crippen LogP contribution in [0.5, 0.6) is 0 Å². The van der Waals surface area contributed by atoms with Crippen LogP contribution < -0.4 is 0 Å². The van der Waals surface area contributed by atoms with Crippen molar-refractivity contribution >= 4 is 11.0 Å². The molecule has 1 aliphatic carbocycles. The lowest BCUT2D eigenvalue weighted by Gasteiger charge is -2.23. The molecule has 3 rings (SSSR count). The van der Waals surface area contributed by atoms with E-state index in [0.29, 0.717) is 12.6 Å². The van der Waals surface area contributed by atoms with Gasteiger partial charge in [0.2, 0.25) is 0 Å². The van der Waals surface area contributed by atoms with Crippen LogP contribution >= 0.6 is 0 Å². The van der Waals surface area contributed by atoms with Crippen LogP contribution in [-0.2, 0) is 6.54 Å². The topological polar surface area (TPSA) is 41.3 Å². The third-order valence-electron chi connectivity index (χ3n) is 4.56. The molecule has 0 amide bonds. The number of fused-ring (bicyclic) bond motifs is 1. The zero-order valence-electron chi connectivity index (χ0n) is 13.2. The predicted octanol–water partition coefficient (Wildman–Crippen LogP) is 2.50. The summed E-state index contributed by atoms with van der Waals surface area (Å²) in [5.74, 6) is 0. The lowest BCUT2D eigenvalue weighted by atomic mass is 10.1. The second-order valence-corrected chi connectivity index (χ2v) is 6.29. The number of aromatic nitrogens is 2. The largest absolute Gasteiger partial charge is 0.390 e. The second kappa shape index (κ2) is 5.78. The molecular weight excluding hydrogens is 262 g/mol. The fraction of sp³-hybridized carbons (Fsp3) is 0.588. The first-order chi connectivity index (χ1) is 10.1. The Morgan fingerprint density at radius 1 is 1.33 bits per heavy atom. The maximum absolute atomic E-state index is 10.4. The van der Waals surface area contributed by atoms with E-state index in [4.69, 9.17) is 0 Å². The predicted molar refractivity (Wildman–Crippen MR) is 85.5 cm³/mol. The van der Waals surface area contributed by atoms with Gasteiger partial charge in [-0.3, -0.25) is 4.90 Å². The molecule has 4 nitrogen and oxygen atoms in total. The molecule has 1 aromatic carbocycles. The van der Waals surface area contributed by atoms with Gasteiger partial charge in [-0.25, -0.2) is 4.98 Å². The van der Waals surface area contributed by atoms with Crippen molar-refractivity contribution in [2.75, 3.05) is 13.1 Å². The smallest absolute Gasteiger partial charge is 0.0959 e. The van der Waals surface area contributed by atoms with Crippen molar-refractivity contribution in [2.45, 2.75) is 52.3 Å². The van der Waals surface area contributed by atoms with Gasteiger partial charge in [0.1, 0.15) is 0 Å². The molecule has 0 spiro atoms. The molecule has 114 valence electrons. The lowest BCUT2D eigenvalue weighted by Crippen LogP contribution is -2.36. The van der Waals surface area contributed by atoms with Gasteiger partial charge in [0, 0.05) is 12.6 Å². The summed E-state index contributed by atoms with van der Waals surface area (Å²) in [6.07, 6.45) is 4.07. The van der Waals surface area contributed by atoms with Gasteiger partial charge in [0.15, 0.2) is 0 Å². The van der Waals surface area contributed by atoms with Gasteiger partial charge in [0.05, 0.1) is 30.0 Å². The third-order valence-corrected chi connectivity index (χ3v) is 4.56. The summed E-state index contributed by atoms with van der Waals surface area (Å²) >= 11 is 0. The van der Waals surface area contributed by atoms with E-state index in [-0.39, 0.29) is 6.10 Å². The molecule has 1 aromatic heterocycles. The first kappa shape index (κ1) is 14.5. The van der Waals surface area contributed by atoms with E-state index in [1.807, 2.05) is 6.33 Å². The zero-order valence-corrected chi connectivity index (χ0v) is 13.2. The first-order valence-electron chi connectivity index (χ1n) is 7.92. The van der Waals surface area contributed by atoms with Gasteiger partial charge >= 0.3 is 0 Å². The number of aryl methyl sites for hydroxylation is 2. The van der Waals surface area contributed by atoms with E-state index in [9.17, 15) is 5.11 Å². The highest BCUT2D eigenvalue weighted by atomic mass is 16.3. The van der Waals surface area contributed by atoms with Gasteiger partial charge in [0.25, 0.3) is 0 Å². The molecule has 1 fully saturated rings. The quantitative estimate of drug-likeness (QED) is 0.887. The Morgan fingerprint density at radius 3 is 2.71 bits per heavy atom. The Hall–Kier alpha value is -1.39. The van der Waals surface area contributed by atoms with Gasteiger partial charge in [-0.05, 0) is 56.5 Å². The molecule has 2 aromatic rings. The molecule has 0 aliphatic heterocycles. The lowest BCUT2D eigenvalue weighted by molar-refractivity contribution is 0.0977. The van der Waals surface area contributed by atoms with Crippen LogP contribution in [-0.4, -0.2) is 44.8 Å². The Balaban J connectivity index is 1.73. The van der Waals surface area contributed by atoms with Crippen LogP contribution in [0.1, 0.15) is 30.9 Å². The number of aliphatic hydroxyl groups is 1. The molecule has 1 aliphatic rings. The Labute approximate surface area is 126 Å². The fourth-order valence-electron chi connectivity index (χ4n) is 2.99. The summed E-state index contributed by atoms with van der Waals surface area (Å²) in [5, 5.41) is 10.4. The zero-order chi connectivity index (χ0) is 15.0. The van der Waals surface area contributed by atoms with Gasteiger partial charge in [-0.15, -0.1) is 0 Å². The van der Waals surface area contributed by atoms with Crippen molar-refractivity contribution in [1.82, 2.24) is 14.5 Å². The van der Waals surface area contributed by atoms with Crippen molar-refractivity contribution in [3.05, 3.63) is 29.6 Å². The van der Waals surface area contributed by atoms with E-state index in [1.54, 1.807) is 0 Å². The SMILES string of the molecule is CCN(CC(O)Cn1cnc2cc(C)c(C)cc21)C1CC1. The minimum Gasteiger partial charge on any atom is -0.390 e. The molecule has 1 saturated carbocycles. The van der Waals surface area contributed by atoms with Crippen LogP contribution in [0.2, 0.25) is 0 Å². The molecule has 0 bridgehead atoms. The molecule has 1 unspecified atom stereocenters. The summed E-state index contributed by atoms with van der Waals surface area (Å²) in [4.78, 5) is 6.85. The summed E-state index contributed by atoms with van der Waals surface area (Å²) < 4.78 is 2.08. The Morgan fingerprint density at radius 2 is 2.05 bits per heavy atom. The van der Waals surface area contributed by atoms with E-state index in [0.717, 1.165) is 24.1 Å². The molecule has 1 N–H and O–H groups in total. The minimum absolute atomic E-state index is 0.343. The minimum atomic E-state index is -0.343. The average molecular weight is 287 g/mol. The molecular formula is C17H25N3O. The fourth-order valence-corrected chi connectivity index (χ4v) is 2.99. The third kappa shape index (κ3) is 3.11. The number of imidazole rings is 1. The van der Waals surface area contributed by atoms with Crippen molar-refractivity contribution in [3.63, 3.8) is 0 Å². The summed E-state index contributed by atoms with van der Waals surface area (Å²) in [6.45, 7) is 8.79. The summed E-state index contributed by atoms with van der Waals surface area (Å²) in [5.41, 5.74) is 4.66. The van der Waals surface area contributed by atoms with Crippen molar-refractivity contribution in [3.8, 4) is 0 Å². The molecule has 0 radical (unpaired) electrons. The van der Waals surface area contributed by atoms with Crippen LogP contribution in [0.25, 0.3) is 11.0 Å². The van der Waals surface area contributed by atoms with Gasteiger partial charge in [-0.2, -0.15) is 0 Å². The number of benzene rings is 1. The summed E-state index contributed by atoms with van der Waals surface area (Å²) in [7, 11) is 0. The van der Waals surface area contributed by atoms with E-state index in [2.05, 4.69) is 47.4 Å². The highest BCUT2D eigenvalue weighted by Crippen LogP contribution is 2.26. The standard InChI is InChI=1S/C17H25N3O/c1-4-19(14-5-6-14)9-15(21)10-20-11-18-16-7-12(2)13(3)8-17(16)20/h7-8,11,14-15,21H,4-6,9-10H2,1-3H3. The monoisotopic (exact) mass is 287 g/mol. The number of rotatable bonds is 6. The highest BCUT2D eigenvalue weighted by Gasteiger charge is 2.29. The molecule has 4 heteroatoms.